The Bertz CT molecular complexity index is 523. The molecular formula is C18H25N2+. The average Bonchev–Trinajstić information content (AvgIpc) is 2.92. The van der Waals surface area contributed by atoms with E-state index in [2.05, 4.69) is 65.6 Å². The van der Waals surface area contributed by atoms with E-state index in [4.69, 9.17) is 0 Å². The highest BCUT2D eigenvalue weighted by Crippen LogP contribution is 2.07. The highest BCUT2D eigenvalue weighted by Gasteiger charge is 2.04. The topological polar surface area (TPSA) is 8.81 Å². The number of hydrogen-bond acceptors (Lipinski definition) is 0. The molecule has 1 heterocycles. The second kappa shape index (κ2) is 7.68. The van der Waals surface area contributed by atoms with Gasteiger partial charge in [0.25, 0.3) is 0 Å². The minimum absolute atomic E-state index is 0.930. The van der Waals surface area contributed by atoms with Crippen molar-refractivity contribution >= 4 is 6.08 Å². The molecule has 0 aliphatic rings. The fraction of sp³-hybridized carbons (Fsp3) is 0.389. The Morgan fingerprint density at radius 3 is 2.65 bits per heavy atom. The van der Waals surface area contributed by atoms with Gasteiger partial charge < -0.3 is 0 Å². The van der Waals surface area contributed by atoms with Crippen LogP contribution >= 0.6 is 0 Å². The minimum Gasteiger partial charge on any atom is -0.237 e. The van der Waals surface area contributed by atoms with Gasteiger partial charge in [-0.05, 0) is 24.0 Å². The van der Waals surface area contributed by atoms with Crippen molar-refractivity contribution in [1.82, 2.24) is 4.57 Å². The van der Waals surface area contributed by atoms with Crippen LogP contribution < -0.4 is 4.57 Å². The first-order chi connectivity index (χ1) is 9.81. The standard InChI is InChI=1S/C18H25N2/c1-3-5-6-7-12-19-13-14-20(16-19)15-18-10-8-17(4-2)9-11-18/h4,8-11,13-14,16H,2-3,5-7,12,15H2,1H3/q+1. The molecule has 0 saturated carbocycles. The number of rotatable bonds is 8. The molecule has 0 atom stereocenters. The Kier molecular flexibility index (Phi) is 5.60. The summed E-state index contributed by atoms with van der Waals surface area (Å²) in [4.78, 5) is 0. The van der Waals surface area contributed by atoms with E-state index in [9.17, 15) is 0 Å². The van der Waals surface area contributed by atoms with E-state index in [1.165, 1.54) is 36.8 Å². The van der Waals surface area contributed by atoms with Gasteiger partial charge in [0, 0.05) is 0 Å². The lowest BCUT2D eigenvalue weighted by atomic mass is 10.1. The van der Waals surface area contributed by atoms with Crippen LogP contribution in [0.15, 0.2) is 49.6 Å². The fourth-order valence-electron chi connectivity index (χ4n) is 2.36. The predicted octanol–water partition coefficient (Wildman–Crippen LogP) is 4.05. The molecular weight excluding hydrogens is 244 g/mol. The second-order valence-electron chi connectivity index (χ2n) is 5.33. The molecule has 2 nitrogen and oxygen atoms in total. The van der Waals surface area contributed by atoms with Gasteiger partial charge >= 0.3 is 0 Å². The number of hydrogen-bond donors (Lipinski definition) is 0. The van der Waals surface area contributed by atoms with Crippen molar-refractivity contribution in [3.8, 4) is 0 Å². The molecule has 106 valence electrons. The van der Waals surface area contributed by atoms with Gasteiger partial charge in [0.05, 0.1) is 6.54 Å². The molecule has 0 spiro atoms. The summed E-state index contributed by atoms with van der Waals surface area (Å²) in [6.07, 6.45) is 13.7. The van der Waals surface area contributed by atoms with Gasteiger partial charge in [0.15, 0.2) is 0 Å². The Morgan fingerprint density at radius 1 is 1.15 bits per heavy atom. The third-order valence-corrected chi connectivity index (χ3v) is 3.60. The maximum absolute atomic E-state index is 3.78. The monoisotopic (exact) mass is 269 g/mol. The Morgan fingerprint density at radius 2 is 1.95 bits per heavy atom. The van der Waals surface area contributed by atoms with Gasteiger partial charge in [0.1, 0.15) is 18.9 Å². The normalized spacial score (nSPS) is 10.7. The summed E-state index contributed by atoms with van der Waals surface area (Å²) in [7, 11) is 0. The molecule has 2 rings (SSSR count). The fourth-order valence-corrected chi connectivity index (χ4v) is 2.36. The number of unbranched alkanes of at least 4 members (excludes halogenated alkanes) is 3. The maximum Gasteiger partial charge on any atom is 0.244 e. The summed E-state index contributed by atoms with van der Waals surface area (Å²) in [6.45, 7) is 8.09. The Hall–Kier alpha value is -1.83. The van der Waals surface area contributed by atoms with E-state index in [0.717, 1.165) is 13.1 Å². The molecule has 0 radical (unpaired) electrons. The third-order valence-electron chi connectivity index (χ3n) is 3.60. The van der Waals surface area contributed by atoms with Crippen LogP contribution in [-0.4, -0.2) is 4.57 Å². The van der Waals surface area contributed by atoms with E-state index in [1.807, 2.05) is 6.08 Å². The van der Waals surface area contributed by atoms with E-state index in [1.54, 1.807) is 0 Å². The number of aryl methyl sites for hydroxylation is 1. The lowest BCUT2D eigenvalue weighted by molar-refractivity contribution is -0.696. The van der Waals surface area contributed by atoms with E-state index < -0.39 is 0 Å². The maximum atomic E-state index is 3.78. The highest BCUT2D eigenvalue weighted by molar-refractivity contribution is 5.47. The molecule has 0 fully saturated rings. The SMILES string of the molecule is C=Cc1ccc(Cn2cc[n+](CCCCCC)c2)cc1. The molecule has 0 aliphatic carbocycles. The first-order valence-corrected chi connectivity index (χ1v) is 7.58. The number of aromatic nitrogens is 2. The summed E-state index contributed by atoms with van der Waals surface area (Å²) in [6, 6.07) is 8.57. The van der Waals surface area contributed by atoms with Crippen LogP contribution in [0.2, 0.25) is 0 Å². The molecule has 2 aromatic rings. The number of nitrogens with zero attached hydrogens (tertiary/aromatic N) is 2. The van der Waals surface area contributed by atoms with E-state index >= 15 is 0 Å². The first-order valence-electron chi connectivity index (χ1n) is 7.58. The molecule has 0 saturated heterocycles. The molecule has 2 heteroatoms. The van der Waals surface area contributed by atoms with Crippen LogP contribution in [0.4, 0.5) is 0 Å². The summed E-state index contributed by atoms with van der Waals surface area (Å²) >= 11 is 0. The first kappa shape index (κ1) is 14.6. The van der Waals surface area contributed by atoms with E-state index in [-0.39, 0.29) is 0 Å². The predicted molar refractivity (Wildman–Crippen MR) is 84.4 cm³/mol. The van der Waals surface area contributed by atoms with Crippen LogP contribution in [-0.2, 0) is 13.1 Å². The van der Waals surface area contributed by atoms with Crippen LogP contribution in [0, 0.1) is 0 Å². The van der Waals surface area contributed by atoms with Crippen molar-refractivity contribution in [2.45, 2.75) is 45.7 Å². The van der Waals surface area contributed by atoms with Crippen molar-refractivity contribution in [2.24, 2.45) is 0 Å². The van der Waals surface area contributed by atoms with Crippen LogP contribution in [0.5, 0.6) is 0 Å². The zero-order valence-electron chi connectivity index (χ0n) is 12.5. The largest absolute Gasteiger partial charge is 0.244 e. The smallest absolute Gasteiger partial charge is 0.237 e. The molecule has 0 unspecified atom stereocenters. The molecule has 1 aromatic carbocycles. The van der Waals surface area contributed by atoms with Gasteiger partial charge in [0.2, 0.25) is 6.33 Å². The molecule has 0 amide bonds. The molecule has 0 bridgehead atoms. The zero-order valence-corrected chi connectivity index (χ0v) is 12.5. The molecule has 0 N–H and O–H groups in total. The van der Waals surface area contributed by atoms with Crippen LogP contribution in [0.1, 0.15) is 43.7 Å². The third kappa shape index (κ3) is 4.37. The molecule has 20 heavy (non-hydrogen) atoms. The highest BCUT2D eigenvalue weighted by atomic mass is 15.1. The quantitative estimate of drug-likeness (QED) is 0.505. The summed E-state index contributed by atoms with van der Waals surface area (Å²) in [5.74, 6) is 0. The Labute approximate surface area is 122 Å². The van der Waals surface area contributed by atoms with Crippen molar-refractivity contribution < 1.29 is 4.57 Å². The van der Waals surface area contributed by atoms with Crippen LogP contribution in [0.25, 0.3) is 6.08 Å². The van der Waals surface area contributed by atoms with Gasteiger partial charge in [-0.3, -0.25) is 0 Å². The summed E-state index contributed by atoms with van der Waals surface area (Å²) in [5.41, 5.74) is 2.50. The number of benzene rings is 1. The Balaban J connectivity index is 1.86. The van der Waals surface area contributed by atoms with Crippen molar-refractivity contribution in [3.63, 3.8) is 0 Å². The minimum atomic E-state index is 0.930. The van der Waals surface area contributed by atoms with Gasteiger partial charge in [-0.25, -0.2) is 9.13 Å². The summed E-state index contributed by atoms with van der Waals surface area (Å²) < 4.78 is 4.52. The lowest BCUT2D eigenvalue weighted by Crippen LogP contribution is -2.30. The van der Waals surface area contributed by atoms with Crippen molar-refractivity contribution in [2.75, 3.05) is 0 Å². The van der Waals surface area contributed by atoms with Gasteiger partial charge in [-0.1, -0.05) is 56.7 Å². The second-order valence-corrected chi connectivity index (χ2v) is 5.33. The van der Waals surface area contributed by atoms with Crippen molar-refractivity contribution in [1.29, 1.82) is 0 Å². The average molecular weight is 269 g/mol. The van der Waals surface area contributed by atoms with Gasteiger partial charge in [-0.15, -0.1) is 0 Å². The van der Waals surface area contributed by atoms with Gasteiger partial charge in [-0.2, -0.15) is 0 Å². The molecule has 1 aromatic heterocycles. The lowest BCUT2D eigenvalue weighted by Gasteiger charge is -1.99. The molecule has 0 aliphatic heterocycles. The van der Waals surface area contributed by atoms with Crippen LogP contribution in [0.3, 0.4) is 0 Å². The number of imidazole rings is 1. The zero-order chi connectivity index (χ0) is 14.2. The van der Waals surface area contributed by atoms with E-state index in [0.29, 0.717) is 0 Å². The summed E-state index contributed by atoms with van der Waals surface area (Å²) in [5, 5.41) is 0. The van der Waals surface area contributed by atoms with Crippen molar-refractivity contribution in [3.05, 3.63) is 60.7 Å².